The molecule has 9 heteroatoms. The van der Waals surface area contributed by atoms with E-state index in [1.165, 1.54) is 11.0 Å². The number of rotatable bonds is 10. The number of esters is 1. The number of anilines is 1. The van der Waals surface area contributed by atoms with Crippen molar-refractivity contribution in [3.63, 3.8) is 0 Å². The molecule has 3 aliphatic heterocycles. The molecule has 0 saturated carbocycles. The SMILES string of the molecule is C=CCOC(=O)[C@H]1[C@H]2C(=O)N([C@@H](CC)CO)C(C(=O)N(CC=C)c3cc(C)ccc3C)C23CC(Br)[C@@H]1O3. The number of aliphatic hydroxyl groups is 1. The van der Waals surface area contributed by atoms with Gasteiger partial charge in [0, 0.05) is 17.1 Å². The standard InChI is InChI=1S/C28H35BrN2O6/c1-6-11-30(20-13-16(4)9-10-17(20)5)26(34)24-28-14-19(29)23(37-28)21(27(35)36-12-7-2)22(28)25(33)31(24)18(8-3)15-32/h6-7,9-10,13,18-19,21-24,32H,1-2,8,11-12,14-15H2,3-5H3/t18-,19?,21-,22-,23-,24?,28?/m0/s1. The van der Waals surface area contributed by atoms with Crippen LogP contribution in [0.5, 0.6) is 0 Å². The van der Waals surface area contributed by atoms with E-state index in [2.05, 4.69) is 29.1 Å². The number of aryl methyl sites for hydroxylation is 2. The minimum atomic E-state index is -1.23. The molecule has 2 bridgehead atoms. The molecule has 3 saturated heterocycles. The lowest BCUT2D eigenvalue weighted by molar-refractivity contribution is -0.154. The van der Waals surface area contributed by atoms with Gasteiger partial charge < -0.3 is 24.4 Å². The average Bonchev–Trinajstić information content (AvgIpc) is 3.47. The Hall–Kier alpha value is -2.49. The fraction of sp³-hybridized carbons (Fsp3) is 0.536. The van der Waals surface area contributed by atoms with Crippen molar-refractivity contribution in [2.75, 3.05) is 24.7 Å². The number of alkyl halides is 1. The topological polar surface area (TPSA) is 96.4 Å². The molecule has 2 amide bonds. The number of carbonyl (C=O) groups is 3. The Morgan fingerprint density at radius 3 is 2.70 bits per heavy atom. The van der Waals surface area contributed by atoms with Crippen LogP contribution in [0.2, 0.25) is 0 Å². The monoisotopic (exact) mass is 574 g/mol. The largest absolute Gasteiger partial charge is 0.461 e. The highest BCUT2D eigenvalue weighted by Crippen LogP contribution is 2.61. The van der Waals surface area contributed by atoms with Crippen LogP contribution in [0.1, 0.15) is 30.9 Å². The zero-order chi connectivity index (χ0) is 27.1. The maximum Gasteiger partial charge on any atom is 0.312 e. The maximum absolute atomic E-state index is 14.6. The smallest absolute Gasteiger partial charge is 0.312 e. The Morgan fingerprint density at radius 2 is 2.08 bits per heavy atom. The molecule has 1 N–H and O–H groups in total. The van der Waals surface area contributed by atoms with Crippen LogP contribution >= 0.6 is 15.9 Å². The number of halogens is 1. The minimum Gasteiger partial charge on any atom is -0.461 e. The third-order valence-corrected chi connectivity index (χ3v) is 8.73. The van der Waals surface area contributed by atoms with Gasteiger partial charge in [-0.1, -0.05) is 53.7 Å². The molecule has 0 aliphatic carbocycles. The quantitative estimate of drug-likeness (QED) is 0.262. The molecule has 37 heavy (non-hydrogen) atoms. The van der Waals surface area contributed by atoms with Crippen LogP contribution in [0.25, 0.3) is 0 Å². The van der Waals surface area contributed by atoms with Crippen LogP contribution in [0, 0.1) is 25.7 Å². The summed E-state index contributed by atoms with van der Waals surface area (Å²) in [5.41, 5.74) is 1.38. The van der Waals surface area contributed by atoms with Crippen molar-refractivity contribution >= 4 is 39.4 Å². The molecule has 1 aromatic carbocycles. The minimum absolute atomic E-state index is 0.0168. The lowest BCUT2D eigenvalue weighted by atomic mass is 9.70. The second-order valence-electron chi connectivity index (χ2n) is 10.1. The van der Waals surface area contributed by atoms with E-state index in [1.807, 2.05) is 39.0 Å². The van der Waals surface area contributed by atoms with E-state index in [9.17, 15) is 19.5 Å². The van der Waals surface area contributed by atoms with Gasteiger partial charge in [0.2, 0.25) is 5.91 Å². The zero-order valence-electron chi connectivity index (χ0n) is 21.6. The van der Waals surface area contributed by atoms with Gasteiger partial charge in [0.25, 0.3) is 5.91 Å². The normalized spacial score (nSPS) is 30.7. The summed E-state index contributed by atoms with van der Waals surface area (Å²) in [5.74, 6) is -2.98. The van der Waals surface area contributed by atoms with Crippen molar-refractivity contribution < 1.29 is 29.0 Å². The highest BCUT2D eigenvalue weighted by Gasteiger charge is 2.77. The van der Waals surface area contributed by atoms with E-state index >= 15 is 0 Å². The Morgan fingerprint density at radius 1 is 1.35 bits per heavy atom. The van der Waals surface area contributed by atoms with Crippen molar-refractivity contribution in [3.05, 3.63) is 54.6 Å². The van der Waals surface area contributed by atoms with Gasteiger partial charge in [-0.3, -0.25) is 14.4 Å². The summed E-state index contributed by atoms with van der Waals surface area (Å²) in [6, 6.07) is 4.24. The predicted molar refractivity (Wildman–Crippen MR) is 143 cm³/mol. The fourth-order valence-electron chi connectivity index (χ4n) is 6.25. The van der Waals surface area contributed by atoms with E-state index in [0.29, 0.717) is 12.8 Å². The molecule has 3 heterocycles. The summed E-state index contributed by atoms with van der Waals surface area (Å²) in [5, 5.41) is 10.2. The number of fused-ring (bicyclic) bond motifs is 1. The molecule has 1 aromatic rings. The van der Waals surface area contributed by atoms with Crippen LogP contribution < -0.4 is 4.90 Å². The van der Waals surface area contributed by atoms with Gasteiger partial charge in [0.05, 0.1) is 30.6 Å². The molecular formula is C28H35BrN2O6. The summed E-state index contributed by atoms with van der Waals surface area (Å²) < 4.78 is 11.9. The zero-order valence-corrected chi connectivity index (χ0v) is 23.1. The summed E-state index contributed by atoms with van der Waals surface area (Å²) in [4.78, 5) is 44.7. The second-order valence-corrected chi connectivity index (χ2v) is 11.3. The lowest BCUT2D eigenvalue weighted by Crippen LogP contribution is -2.59. The Bertz CT molecular complexity index is 1100. The number of hydrogen-bond acceptors (Lipinski definition) is 6. The van der Waals surface area contributed by atoms with Gasteiger partial charge in [-0.25, -0.2) is 0 Å². The Balaban J connectivity index is 1.85. The second kappa shape index (κ2) is 10.7. The van der Waals surface area contributed by atoms with E-state index in [4.69, 9.17) is 9.47 Å². The third kappa shape index (κ3) is 4.34. The summed E-state index contributed by atoms with van der Waals surface area (Å²) in [7, 11) is 0. The van der Waals surface area contributed by atoms with Gasteiger partial charge in [-0.15, -0.1) is 6.58 Å². The van der Waals surface area contributed by atoms with Gasteiger partial charge in [0.1, 0.15) is 18.2 Å². The molecule has 4 rings (SSSR count). The third-order valence-electron chi connectivity index (χ3n) is 7.89. The fourth-order valence-corrected chi connectivity index (χ4v) is 7.20. The molecule has 3 fully saturated rings. The van der Waals surface area contributed by atoms with Crippen LogP contribution in [-0.4, -0.2) is 76.2 Å². The number of likely N-dealkylation sites (tertiary alicyclic amines) is 1. The van der Waals surface area contributed by atoms with Crippen molar-refractivity contribution in [3.8, 4) is 0 Å². The number of hydrogen-bond donors (Lipinski definition) is 1. The van der Waals surface area contributed by atoms with E-state index < -0.39 is 41.6 Å². The highest BCUT2D eigenvalue weighted by molar-refractivity contribution is 9.09. The van der Waals surface area contributed by atoms with Crippen LogP contribution in [0.4, 0.5) is 5.69 Å². The van der Waals surface area contributed by atoms with Crippen molar-refractivity contribution in [2.24, 2.45) is 11.8 Å². The molecule has 8 nitrogen and oxygen atoms in total. The van der Waals surface area contributed by atoms with Crippen molar-refractivity contribution in [1.82, 2.24) is 4.90 Å². The summed E-state index contributed by atoms with van der Waals surface area (Å²) in [6.45, 7) is 13.1. The molecular weight excluding hydrogens is 540 g/mol. The number of amides is 2. The van der Waals surface area contributed by atoms with Gasteiger partial charge in [0.15, 0.2) is 0 Å². The number of nitrogens with zero attached hydrogens (tertiary/aromatic N) is 2. The Kier molecular flexibility index (Phi) is 7.97. The van der Waals surface area contributed by atoms with E-state index in [0.717, 1.165) is 16.8 Å². The molecule has 7 atom stereocenters. The number of benzene rings is 1. The van der Waals surface area contributed by atoms with Crippen LogP contribution in [-0.2, 0) is 23.9 Å². The van der Waals surface area contributed by atoms with E-state index in [-0.39, 0.29) is 36.4 Å². The molecule has 0 aromatic heterocycles. The van der Waals surface area contributed by atoms with Gasteiger partial charge >= 0.3 is 5.97 Å². The first kappa shape index (κ1) is 27.5. The number of ether oxygens (including phenoxy) is 2. The first-order valence-electron chi connectivity index (χ1n) is 12.7. The molecule has 0 radical (unpaired) electrons. The van der Waals surface area contributed by atoms with Crippen LogP contribution in [0.15, 0.2) is 43.5 Å². The lowest BCUT2D eigenvalue weighted by Gasteiger charge is -2.39. The van der Waals surface area contributed by atoms with Crippen molar-refractivity contribution in [1.29, 1.82) is 0 Å². The molecule has 3 aliphatic rings. The summed E-state index contributed by atoms with van der Waals surface area (Å²) >= 11 is 3.65. The molecule has 200 valence electrons. The highest BCUT2D eigenvalue weighted by atomic mass is 79.9. The average molecular weight is 576 g/mol. The predicted octanol–water partition coefficient (Wildman–Crippen LogP) is 3.07. The van der Waals surface area contributed by atoms with Gasteiger partial charge in [-0.05, 0) is 43.9 Å². The first-order valence-corrected chi connectivity index (χ1v) is 13.6. The molecule has 3 unspecified atom stereocenters. The first-order chi connectivity index (χ1) is 17.7. The van der Waals surface area contributed by atoms with Crippen molar-refractivity contribution in [2.45, 2.75) is 62.2 Å². The van der Waals surface area contributed by atoms with Crippen LogP contribution in [0.3, 0.4) is 0 Å². The maximum atomic E-state index is 14.6. The number of aliphatic hydroxyl groups excluding tert-OH is 1. The van der Waals surface area contributed by atoms with Gasteiger partial charge in [-0.2, -0.15) is 0 Å². The Labute approximate surface area is 226 Å². The number of carbonyl (C=O) groups excluding carboxylic acids is 3. The summed E-state index contributed by atoms with van der Waals surface area (Å²) in [6.07, 6.45) is 3.33. The molecule has 1 spiro atoms. The van der Waals surface area contributed by atoms with E-state index in [1.54, 1.807) is 11.0 Å².